The summed E-state index contributed by atoms with van der Waals surface area (Å²) in [6, 6.07) is 87.1. The quantitative estimate of drug-likeness (QED) is 0.149. The molecule has 0 saturated carbocycles. The van der Waals surface area contributed by atoms with Gasteiger partial charge < -0.3 is 18.6 Å². The van der Waals surface area contributed by atoms with E-state index in [1.807, 2.05) is 11.8 Å². The lowest BCUT2D eigenvalue weighted by molar-refractivity contribution is 0.590. The molecule has 2 aliphatic rings. The van der Waals surface area contributed by atoms with E-state index in [1.54, 1.807) is 0 Å². The highest BCUT2D eigenvalue weighted by atomic mass is 32.2. The predicted molar refractivity (Wildman–Crippen MR) is 339 cm³/mol. The Bertz CT molecular complexity index is 4510. The average Bonchev–Trinajstić information content (AvgIpc) is 4.26. The number of fused-ring (bicyclic) bond motifs is 13. The van der Waals surface area contributed by atoms with Crippen molar-refractivity contribution in [2.75, 3.05) is 9.80 Å². The van der Waals surface area contributed by atoms with E-state index in [4.69, 9.17) is 8.83 Å². The summed E-state index contributed by atoms with van der Waals surface area (Å²) in [6.45, 7) is 13.4. The Kier molecular flexibility index (Phi) is 11.0. The Balaban J connectivity index is 1.10. The van der Waals surface area contributed by atoms with E-state index >= 15 is 0 Å². The molecule has 4 nitrogen and oxygen atoms in total. The largest absolute Gasteiger partial charge is 0.457 e. The van der Waals surface area contributed by atoms with Gasteiger partial charge in [0.15, 0.2) is 0 Å². The van der Waals surface area contributed by atoms with Crippen LogP contribution in [0.4, 0.5) is 34.1 Å². The van der Waals surface area contributed by atoms with Crippen LogP contribution in [0.3, 0.4) is 0 Å². The number of para-hydroxylation sites is 4. The number of anilines is 6. The fraction of sp³-hybridized carbons (Fsp3) is 0.108. The van der Waals surface area contributed by atoms with Gasteiger partial charge in [-0.15, -0.1) is 0 Å². The van der Waals surface area contributed by atoms with Crippen molar-refractivity contribution in [2.24, 2.45) is 0 Å². The molecule has 0 aliphatic carbocycles. The monoisotopic (exact) mass is 1050 g/mol. The fourth-order valence-electron chi connectivity index (χ4n) is 12.7. The van der Waals surface area contributed by atoms with Gasteiger partial charge in [0.25, 0.3) is 6.71 Å². The third kappa shape index (κ3) is 7.68. The Morgan fingerprint density at radius 1 is 0.412 bits per heavy atom. The van der Waals surface area contributed by atoms with Crippen LogP contribution < -0.4 is 26.2 Å². The number of nitrogens with zero attached hydrogens (tertiary/aromatic N) is 2. The van der Waals surface area contributed by atoms with Crippen LogP contribution in [-0.4, -0.2) is 6.71 Å². The number of furan rings is 2. The second-order valence-corrected chi connectivity index (χ2v) is 24.6. The third-order valence-corrected chi connectivity index (χ3v) is 17.8. The van der Waals surface area contributed by atoms with Gasteiger partial charge in [-0.3, -0.25) is 0 Å². The van der Waals surface area contributed by atoms with Crippen molar-refractivity contribution in [1.29, 1.82) is 0 Å². The normalized spacial score (nSPS) is 13.0. The first-order valence-corrected chi connectivity index (χ1v) is 28.7. The highest BCUT2D eigenvalue weighted by molar-refractivity contribution is 8.00. The molecular formula is C74H57BN2O2S. The maximum Gasteiger partial charge on any atom is 0.254 e. The summed E-state index contributed by atoms with van der Waals surface area (Å²) >= 11 is 1.83. The number of hydrogen-bond acceptors (Lipinski definition) is 5. The van der Waals surface area contributed by atoms with Crippen LogP contribution in [0.25, 0.3) is 77.3 Å². The molecule has 0 amide bonds. The van der Waals surface area contributed by atoms with Crippen molar-refractivity contribution in [2.45, 2.75) is 62.2 Å². The van der Waals surface area contributed by atoms with Gasteiger partial charge in [-0.1, -0.05) is 229 Å². The van der Waals surface area contributed by atoms with E-state index < -0.39 is 0 Å². The minimum Gasteiger partial charge on any atom is -0.457 e. The predicted octanol–water partition coefficient (Wildman–Crippen LogP) is 19.3. The molecule has 2 aromatic heterocycles. The maximum absolute atomic E-state index is 7.33. The van der Waals surface area contributed by atoms with Crippen LogP contribution in [-0.2, 0) is 10.8 Å². The van der Waals surface area contributed by atoms with Crippen molar-refractivity contribution < 1.29 is 8.83 Å². The molecule has 0 atom stereocenters. The molecular weight excluding hydrogens is 992 g/mol. The zero-order valence-electron chi connectivity index (χ0n) is 45.7. The third-order valence-electron chi connectivity index (χ3n) is 16.6. The van der Waals surface area contributed by atoms with E-state index in [0.29, 0.717) is 0 Å². The molecule has 80 heavy (non-hydrogen) atoms. The molecule has 0 N–H and O–H groups in total. The van der Waals surface area contributed by atoms with Crippen LogP contribution in [0, 0.1) is 0 Å². The molecule has 13 aromatic rings. The molecule has 0 unspecified atom stereocenters. The summed E-state index contributed by atoms with van der Waals surface area (Å²) < 4.78 is 14.5. The Labute approximate surface area is 472 Å². The van der Waals surface area contributed by atoms with Gasteiger partial charge in [-0.2, -0.15) is 0 Å². The molecule has 4 heterocycles. The van der Waals surface area contributed by atoms with Crippen molar-refractivity contribution in [3.63, 3.8) is 0 Å². The van der Waals surface area contributed by atoms with Crippen LogP contribution in [0.5, 0.6) is 0 Å². The Morgan fingerprint density at radius 3 is 1.52 bits per heavy atom. The molecule has 2 aliphatic heterocycles. The smallest absolute Gasteiger partial charge is 0.254 e. The average molecular weight is 1050 g/mol. The first-order chi connectivity index (χ1) is 39.0. The number of rotatable bonds is 7. The van der Waals surface area contributed by atoms with Gasteiger partial charge in [-0.05, 0) is 121 Å². The first-order valence-electron chi connectivity index (χ1n) is 27.8. The van der Waals surface area contributed by atoms with E-state index in [1.165, 1.54) is 26.9 Å². The van der Waals surface area contributed by atoms with Crippen LogP contribution in [0.1, 0.15) is 52.7 Å². The van der Waals surface area contributed by atoms with E-state index in [0.717, 1.165) is 122 Å². The highest BCUT2D eigenvalue weighted by Gasteiger charge is 2.46. The lowest BCUT2D eigenvalue weighted by Crippen LogP contribution is -2.60. The fourth-order valence-corrected chi connectivity index (χ4v) is 14.0. The molecule has 0 bridgehead atoms. The molecule has 11 aromatic carbocycles. The topological polar surface area (TPSA) is 32.8 Å². The minimum atomic E-state index is -0.255. The summed E-state index contributed by atoms with van der Waals surface area (Å²) in [7, 11) is 0. The number of hydrogen-bond donors (Lipinski definition) is 0. The molecule has 0 fully saturated rings. The molecule has 0 spiro atoms. The zero-order valence-corrected chi connectivity index (χ0v) is 46.5. The van der Waals surface area contributed by atoms with Crippen LogP contribution >= 0.6 is 11.8 Å². The van der Waals surface area contributed by atoms with Crippen LogP contribution in [0.2, 0.25) is 0 Å². The van der Waals surface area contributed by atoms with Gasteiger partial charge in [0.05, 0.1) is 10.6 Å². The van der Waals surface area contributed by atoms with Crippen LogP contribution in [0.15, 0.2) is 255 Å². The molecule has 0 radical (unpaired) electrons. The standard InChI is InChI=1S/C74H57BN2O2S/c1-73(2,3)50-35-33-46(34-36-50)49-43-61-67-64(44-49)80-72-68(70-65(57-27-16-18-31-62(57)78-70)66-58-28-17-19-32-63(58)79-71(66)72)75(67)59-42-41-54(76(52-25-14-9-15-26-52)53-39-37-51(38-40-53)74(4,5)6)45-60(59)77(61)69-55(47-21-10-7-11-22-47)29-20-30-56(69)48-23-12-8-13-24-48/h7-45H,1-6H3. The van der Waals surface area contributed by atoms with Gasteiger partial charge in [0, 0.05) is 66.0 Å². The van der Waals surface area contributed by atoms with Gasteiger partial charge in [-0.25, -0.2) is 0 Å². The van der Waals surface area contributed by atoms with Crippen molar-refractivity contribution >= 4 is 113 Å². The van der Waals surface area contributed by atoms with Crippen molar-refractivity contribution in [3.05, 3.63) is 248 Å². The first kappa shape index (κ1) is 48.2. The minimum absolute atomic E-state index is 0.00145. The lowest BCUT2D eigenvalue weighted by Gasteiger charge is -2.42. The van der Waals surface area contributed by atoms with E-state index in [2.05, 4.69) is 288 Å². The molecule has 384 valence electrons. The second kappa shape index (κ2) is 18.3. The summed E-state index contributed by atoms with van der Waals surface area (Å²) in [5, 5.41) is 4.36. The summed E-state index contributed by atoms with van der Waals surface area (Å²) in [4.78, 5) is 7.32. The SMILES string of the molecule is CC(C)(C)c1ccc(-c2cc3c4c(c2)N(c2c(-c5ccccc5)cccc2-c2ccccc2)c2cc(N(c5ccccc5)c5ccc(C(C)(C)C)cc5)ccc2B4c2c(c4oc5ccccc5c4c4c2oc2ccccc24)S3)cc1. The molecule has 15 rings (SSSR count). The summed E-state index contributed by atoms with van der Waals surface area (Å²) in [5.41, 5.74) is 23.1. The number of benzene rings is 11. The van der Waals surface area contributed by atoms with E-state index in [9.17, 15) is 0 Å². The van der Waals surface area contributed by atoms with Gasteiger partial charge >= 0.3 is 0 Å². The molecule has 6 heteroatoms. The summed E-state index contributed by atoms with van der Waals surface area (Å²) in [6.07, 6.45) is 0. The lowest BCUT2D eigenvalue weighted by atomic mass is 9.34. The Hall–Kier alpha value is -8.97. The van der Waals surface area contributed by atoms with E-state index in [-0.39, 0.29) is 17.5 Å². The Morgan fingerprint density at radius 2 is 0.925 bits per heavy atom. The van der Waals surface area contributed by atoms with Gasteiger partial charge in [0.2, 0.25) is 0 Å². The summed E-state index contributed by atoms with van der Waals surface area (Å²) in [5.74, 6) is 0. The second-order valence-electron chi connectivity index (χ2n) is 23.6. The molecule has 0 saturated heterocycles. The maximum atomic E-state index is 7.33. The highest BCUT2D eigenvalue weighted by Crippen LogP contribution is 2.53. The van der Waals surface area contributed by atoms with Gasteiger partial charge in [0.1, 0.15) is 22.3 Å². The zero-order chi connectivity index (χ0) is 54.0. The van der Waals surface area contributed by atoms with Crippen molar-refractivity contribution in [3.8, 4) is 33.4 Å². The van der Waals surface area contributed by atoms with Crippen molar-refractivity contribution in [1.82, 2.24) is 0 Å².